The molecule has 0 aliphatic rings. The van der Waals surface area contributed by atoms with E-state index in [9.17, 15) is 4.79 Å². The average molecular weight is 216 g/mol. The summed E-state index contributed by atoms with van der Waals surface area (Å²) in [5.41, 5.74) is 3.26. The van der Waals surface area contributed by atoms with Crippen molar-refractivity contribution in [1.29, 1.82) is 0 Å². The predicted molar refractivity (Wildman–Crippen MR) is 60.3 cm³/mol. The smallest absolute Gasteiger partial charge is 0.335 e. The SMILES string of the molecule is Cc1cc(C(=O)O)ccc1-c1cnn(C)c1. The van der Waals surface area contributed by atoms with E-state index in [4.69, 9.17) is 5.11 Å². The Morgan fingerprint density at radius 1 is 1.44 bits per heavy atom. The maximum absolute atomic E-state index is 10.8. The summed E-state index contributed by atoms with van der Waals surface area (Å²) in [5.74, 6) is -0.902. The Bertz CT molecular complexity index is 544. The molecule has 2 rings (SSSR count). The largest absolute Gasteiger partial charge is 0.478 e. The fourth-order valence-corrected chi connectivity index (χ4v) is 1.68. The minimum atomic E-state index is -0.902. The van der Waals surface area contributed by atoms with Gasteiger partial charge in [-0.15, -0.1) is 0 Å². The van der Waals surface area contributed by atoms with E-state index in [-0.39, 0.29) is 0 Å². The van der Waals surface area contributed by atoms with Crippen LogP contribution in [0.5, 0.6) is 0 Å². The molecule has 1 heterocycles. The number of aromatic nitrogens is 2. The van der Waals surface area contributed by atoms with Crippen LogP contribution in [-0.4, -0.2) is 20.9 Å². The van der Waals surface area contributed by atoms with Crippen molar-refractivity contribution in [2.75, 3.05) is 0 Å². The highest BCUT2D eigenvalue weighted by molar-refractivity contribution is 5.89. The summed E-state index contributed by atoms with van der Waals surface area (Å²) >= 11 is 0. The highest BCUT2D eigenvalue weighted by Crippen LogP contribution is 2.23. The van der Waals surface area contributed by atoms with Gasteiger partial charge in [0.2, 0.25) is 0 Å². The van der Waals surface area contributed by atoms with Gasteiger partial charge in [0.25, 0.3) is 0 Å². The minimum absolute atomic E-state index is 0.310. The number of aryl methyl sites for hydroxylation is 2. The number of hydrogen-bond acceptors (Lipinski definition) is 2. The first-order chi connectivity index (χ1) is 7.58. The van der Waals surface area contributed by atoms with E-state index in [0.717, 1.165) is 16.7 Å². The second-order valence-electron chi connectivity index (χ2n) is 3.74. The molecule has 1 aromatic carbocycles. The molecule has 0 saturated heterocycles. The number of nitrogens with zero attached hydrogens (tertiary/aromatic N) is 2. The van der Waals surface area contributed by atoms with E-state index in [1.165, 1.54) is 0 Å². The Kier molecular flexibility index (Phi) is 2.48. The highest BCUT2D eigenvalue weighted by atomic mass is 16.4. The zero-order valence-electron chi connectivity index (χ0n) is 9.14. The summed E-state index contributed by atoms with van der Waals surface area (Å²) in [6.07, 6.45) is 3.67. The first-order valence-corrected chi connectivity index (χ1v) is 4.91. The van der Waals surface area contributed by atoms with Crippen LogP contribution >= 0.6 is 0 Å². The van der Waals surface area contributed by atoms with E-state index < -0.39 is 5.97 Å². The highest BCUT2D eigenvalue weighted by Gasteiger charge is 2.08. The van der Waals surface area contributed by atoms with Crippen molar-refractivity contribution >= 4 is 5.97 Å². The second kappa shape index (κ2) is 3.81. The number of rotatable bonds is 2. The normalized spacial score (nSPS) is 10.4. The molecule has 2 aromatic rings. The molecule has 1 N–H and O–H groups in total. The summed E-state index contributed by atoms with van der Waals surface area (Å²) in [4.78, 5) is 10.8. The molecule has 0 amide bonds. The zero-order chi connectivity index (χ0) is 11.7. The Labute approximate surface area is 93.1 Å². The van der Waals surface area contributed by atoms with E-state index in [0.29, 0.717) is 5.56 Å². The maximum atomic E-state index is 10.8. The number of aromatic carboxylic acids is 1. The van der Waals surface area contributed by atoms with Gasteiger partial charge in [0, 0.05) is 18.8 Å². The fourth-order valence-electron chi connectivity index (χ4n) is 1.68. The Morgan fingerprint density at radius 2 is 2.19 bits per heavy atom. The minimum Gasteiger partial charge on any atom is -0.478 e. The van der Waals surface area contributed by atoms with Crippen molar-refractivity contribution < 1.29 is 9.90 Å². The van der Waals surface area contributed by atoms with Crippen LogP contribution < -0.4 is 0 Å². The standard InChI is InChI=1S/C12H12N2O2/c1-8-5-9(12(15)16)3-4-11(8)10-6-13-14(2)7-10/h3-7H,1-2H3,(H,15,16). The van der Waals surface area contributed by atoms with Gasteiger partial charge in [-0.05, 0) is 30.2 Å². The number of carbonyl (C=O) groups is 1. The average Bonchev–Trinajstić information content (AvgIpc) is 2.64. The molecule has 0 spiro atoms. The third-order valence-electron chi connectivity index (χ3n) is 2.49. The van der Waals surface area contributed by atoms with Crippen molar-refractivity contribution in [1.82, 2.24) is 9.78 Å². The summed E-state index contributed by atoms with van der Waals surface area (Å²) in [7, 11) is 1.85. The number of carboxylic acids is 1. The summed E-state index contributed by atoms with van der Waals surface area (Å²) in [5, 5.41) is 13.0. The zero-order valence-corrected chi connectivity index (χ0v) is 9.14. The van der Waals surface area contributed by atoms with E-state index >= 15 is 0 Å². The molecule has 4 heteroatoms. The second-order valence-corrected chi connectivity index (χ2v) is 3.74. The molecule has 0 aliphatic heterocycles. The first-order valence-electron chi connectivity index (χ1n) is 4.91. The Hall–Kier alpha value is -2.10. The van der Waals surface area contributed by atoms with Crippen LogP contribution in [0.1, 0.15) is 15.9 Å². The van der Waals surface area contributed by atoms with Crippen LogP contribution in [0.25, 0.3) is 11.1 Å². The summed E-state index contributed by atoms with van der Waals surface area (Å²) in [6, 6.07) is 5.10. The van der Waals surface area contributed by atoms with E-state index in [2.05, 4.69) is 5.10 Å². The van der Waals surface area contributed by atoms with Gasteiger partial charge in [-0.2, -0.15) is 5.10 Å². The van der Waals surface area contributed by atoms with Gasteiger partial charge in [-0.25, -0.2) is 4.79 Å². The molecule has 4 nitrogen and oxygen atoms in total. The van der Waals surface area contributed by atoms with Crippen molar-refractivity contribution in [3.63, 3.8) is 0 Å². The van der Waals surface area contributed by atoms with Crippen LogP contribution in [0, 0.1) is 6.92 Å². The molecule has 0 radical (unpaired) electrons. The first kappa shape index (κ1) is 10.4. The third kappa shape index (κ3) is 1.82. The molecule has 0 atom stereocenters. The molecule has 0 aliphatic carbocycles. The van der Waals surface area contributed by atoms with E-state index in [1.807, 2.05) is 26.2 Å². The van der Waals surface area contributed by atoms with Crippen LogP contribution in [-0.2, 0) is 7.05 Å². The number of benzene rings is 1. The van der Waals surface area contributed by atoms with Crippen molar-refractivity contribution in [3.05, 3.63) is 41.7 Å². The molecule has 0 unspecified atom stereocenters. The van der Waals surface area contributed by atoms with Gasteiger partial charge < -0.3 is 5.11 Å². The molecule has 0 saturated carbocycles. The van der Waals surface area contributed by atoms with Crippen LogP contribution in [0.2, 0.25) is 0 Å². The van der Waals surface area contributed by atoms with Crippen molar-refractivity contribution in [3.8, 4) is 11.1 Å². The lowest BCUT2D eigenvalue weighted by atomic mass is 10.0. The molecule has 16 heavy (non-hydrogen) atoms. The monoisotopic (exact) mass is 216 g/mol. The summed E-state index contributed by atoms with van der Waals surface area (Å²) in [6.45, 7) is 1.90. The molecule has 82 valence electrons. The van der Waals surface area contributed by atoms with Crippen LogP contribution in [0.4, 0.5) is 0 Å². The van der Waals surface area contributed by atoms with Crippen LogP contribution in [0.15, 0.2) is 30.6 Å². The molecule has 0 fully saturated rings. The topological polar surface area (TPSA) is 55.1 Å². The van der Waals surface area contributed by atoms with Gasteiger partial charge in [-0.3, -0.25) is 4.68 Å². The predicted octanol–water partition coefficient (Wildman–Crippen LogP) is 2.09. The van der Waals surface area contributed by atoms with Gasteiger partial charge in [0.1, 0.15) is 0 Å². The molecule has 1 aromatic heterocycles. The maximum Gasteiger partial charge on any atom is 0.335 e. The number of hydrogen-bond donors (Lipinski definition) is 1. The molecular formula is C12H12N2O2. The van der Waals surface area contributed by atoms with Crippen molar-refractivity contribution in [2.24, 2.45) is 7.05 Å². The molecule has 0 bridgehead atoms. The summed E-state index contributed by atoms with van der Waals surface area (Å²) < 4.78 is 1.72. The van der Waals surface area contributed by atoms with Crippen molar-refractivity contribution in [2.45, 2.75) is 6.92 Å². The lowest BCUT2D eigenvalue weighted by molar-refractivity contribution is 0.0697. The molecular weight excluding hydrogens is 204 g/mol. The lowest BCUT2D eigenvalue weighted by Gasteiger charge is -2.04. The fraction of sp³-hybridized carbons (Fsp3) is 0.167. The Morgan fingerprint density at radius 3 is 2.69 bits per heavy atom. The Balaban J connectivity index is 2.47. The third-order valence-corrected chi connectivity index (χ3v) is 2.49. The quantitative estimate of drug-likeness (QED) is 0.836. The van der Waals surface area contributed by atoms with Gasteiger partial charge in [-0.1, -0.05) is 6.07 Å². The lowest BCUT2D eigenvalue weighted by Crippen LogP contribution is -1.96. The van der Waals surface area contributed by atoms with E-state index in [1.54, 1.807) is 23.0 Å². The van der Waals surface area contributed by atoms with Crippen LogP contribution in [0.3, 0.4) is 0 Å². The van der Waals surface area contributed by atoms with Gasteiger partial charge in [0.05, 0.1) is 11.8 Å². The number of carboxylic acid groups (broad SMARTS) is 1. The van der Waals surface area contributed by atoms with Gasteiger partial charge >= 0.3 is 5.97 Å². The van der Waals surface area contributed by atoms with Gasteiger partial charge in [0.15, 0.2) is 0 Å².